The Labute approximate surface area is 251 Å². The van der Waals surface area contributed by atoms with E-state index < -0.39 is 0 Å². The van der Waals surface area contributed by atoms with Crippen LogP contribution < -0.4 is 9.47 Å². The number of hydrogen-bond donors (Lipinski definition) is 0. The van der Waals surface area contributed by atoms with Crippen LogP contribution in [-0.2, 0) is 17.8 Å². The molecule has 9 heteroatoms. The number of para-hydroxylation sites is 1. The van der Waals surface area contributed by atoms with Crippen molar-refractivity contribution in [2.75, 3.05) is 33.6 Å². The van der Waals surface area contributed by atoms with E-state index in [0.717, 1.165) is 59.2 Å². The van der Waals surface area contributed by atoms with Gasteiger partial charge in [-0.15, -0.1) is 10.2 Å². The number of aryl methyl sites for hydroxylation is 1. The normalized spacial score (nSPS) is 11.2. The van der Waals surface area contributed by atoms with Crippen molar-refractivity contribution in [1.82, 2.24) is 24.6 Å². The molecule has 0 aliphatic rings. The number of amides is 1. The summed E-state index contributed by atoms with van der Waals surface area (Å²) in [6, 6.07) is 22.6. The van der Waals surface area contributed by atoms with Crippen molar-refractivity contribution < 1.29 is 14.3 Å². The quantitative estimate of drug-likeness (QED) is 0.119. The second-order valence-electron chi connectivity index (χ2n) is 10.4. The van der Waals surface area contributed by atoms with Crippen LogP contribution in [0.5, 0.6) is 11.5 Å². The van der Waals surface area contributed by atoms with Crippen LogP contribution in [0.25, 0.3) is 22.1 Å². The average Bonchev–Trinajstić information content (AvgIpc) is 3.33. The molecule has 0 spiro atoms. The van der Waals surface area contributed by atoms with E-state index >= 15 is 0 Å². The van der Waals surface area contributed by atoms with Gasteiger partial charge in [0.2, 0.25) is 11.1 Å². The van der Waals surface area contributed by atoms with Crippen molar-refractivity contribution in [3.63, 3.8) is 0 Å². The predicted molar refractivity (Wildman–Crippen MR) is 169 cm³/mol. The average molecular weight is 584 g/mol. The van der Waals surface area contributed by atoms with E-state index in [9.17, 15) is 4.79 Å². The number of likely N-dealkylation sites (N-methyl/N-ethyl adjacent to an activating group) is 1. The van der Waals surface area contributed by atoms with Gasteiger partial charge in [0, 0.05) is 37.7 Å². The Bertz CT molecular complexity index is 1690. The predicted octanol–water partition coefficient (Wildman–Crippen LogP) is 6.32. The molecule has 5 rings (SSSR count). The summed E-state index contributed by atoms with van der Waals surface area (Å²) in [6.07, 6.45) is 2.99. The van der Waals surface area contributed by atoms with Crippen LogP contribution in [0, 0.1) is 6.92 Å². The van der Waals surface area contributed by atoms with Gasteiger partial charge in [-0.05, 0) is 61.1 Å². The molecule has 0 radical (unpaired) electrons. The maximum absolute atomic E-state index is 12.7. The minimum absolute atomic E-state index is 0.153. The maximum atomic E-state index is 12.7. The van der Waals surface area contributed by atoms with Crippen LogP contribution in [-0.4, -0.2) is 64.1 Å². The third-order valence-corrected chi connectivity index (χ3v) is 8.49. The summed E-state index contributed by atoms with van der Waals surface area (Å²) in [5, 5.41) is 10.7. The lowest BCUT2D eigenvalue weighted by Crippen LogP contribution is -2.28. The molecule has 0 saturated carbocycles. The Kier molecular flexibility index (Phi) is 9.59. The van der Waals surface area contributed by atoms with Gasteiger partial charge in [-0.25, -0.2) is 4.98 Å². The first-order valence-corrected chi connectivity index (χ1v) is 15.2. The van der Waals surface area contributed by atoms with Crippen LogP contribution in [0.15, 0.2) is 71.9 Å². The Morgan fingerprint density at radius 1 is 0.952 bits per heavy atom. The third-order valence-electron chi connectivity index (χ3n) is 7.57. The molecule has 2 aromatic heterocycles. The molecular formula is C33H37N5O3S. The highest BCUT2D eigenvalue weighted by atomic mass is 32.2. The lowest BCUT2D eigenvalue weighted by Gasteiger charge is -2.17. The van der Waals surface area contributed by atoms with Gasteiger partial charge in [-0.3, -0.25) is 4.79 Å². The number of thioether (sulfide) groups is 1. The smallest absolute Gasteiger partial charge is 0.222 e. The van der Waals surface area contributed by atoms with Crippen LogP contribution in [0.2, 0.25) is 0 Å². The van der Waals surface area contributed by atoms with Crippen molar-refractivity contribution in [3.8, 4) is 11.5 Å². The summed E-state index contributed by atoms with van der Waals surface area (Å²) in [6.45, 7) is 3.51. The lowest BCUT2D eigenvalue weighted by molar-refractivity contribution is -0.129. The first-order chi connectivity index (χ1) is 20.5. The number of aromatic nitrogens is 4. The molecule has 5 aromatic rings. The molecule has 0 fully saturated rings. The van der Waals surface area contributed by atoms with Crippen molar-refractivity contribution in [1.29, 1.82) is 0 Å². The molecule has 0 N–H and O–H groups in total. The van der Waals surface area contributed by atoms with Gasteiger partial charge in [-0.1, -0.05) is 60.3 Å². The number of rotatable bonds is 13. The van der Waals surface area contributed by atoms with E-state index in [1.54, 1.807) is 30.9 Å². The monoisotopic (exact) mass is 583 g/mol. The number of benzene rings is 3. The molecule has 0 aliphatic heterocycles. The molecular weight excluding hydrogens is 546 g/mol. The zero-order chi connectivity index (χ0) is 29.5. The number of ether oxygens (including phenoxy) is 2. The molecule has 42 heavy (non-hydrogen) atoms. The molecule has 0 aliphatic carbocycles. The first-order valence-electron chi connectivity index (χ1n) is 14.2. The van der Waals surface area contributed by atoms with Gasteiger partial charge >= 0.3 is 0 Å². The summed E-state index contributed by atoms with van der Waals surface area (Å²) >= 11 is 1.59. The third kappa shape index (κ3) is 6.68. The van der Waals surface area contributed by atoms with Gasteiger partial charge in [-0.2, -0.15) is 0 Å². The topological polar surface area (TPSA) is 82.4 Å². The minimum Gasteiger partial charge on any atom is -0.493 e. The molecule has 2 heterocycles. The van der Waals surface area contributed by atoms with Gasteiger partial charge in [0.05, 0.1) is 19.7 Å². The number of unbranched alkanes of at least 4 members (excludes halogenated alkanes) is 1. The van der Waals surface area contributed by atoms with E-state index in [0.29, 0.717) is 29.6 Å². The molecule has 8 nitrogen and oxygen atoms in total. The summed E-state index contributed by atoms with van der Waals surface area (Å²) in [5.41, 5.74) is 6.39. The number of fused-ring (bicyclic) bond motifs is 3. The van der Waals surface area contributed by atoms with E-state index in [-0.39, 0.29) is 5.91 Å². The Morgan fingerprint density at radius 3 is 2.55 bits per heavy atom. The van der Waals surface area contributed by atoms with E-state index in [1.165, 1.54) is 11.1 Å². The molecule has 3 aromatic carbocycles. The fourth-order valence-corrected chi connectivity index (χ4v) is 5.84. The first kappa shape index (κ1) is 29.4. The molecule has 0 saturated heterocycles. The van der Waals surface area contributed by atoms with Gasteiger partial charge in [0.1, 0.15) is 5.52 Å². The molecule has 218 valence electrons. The number of hydrogen-bond acceptors (Lipinski definition) is 7. The number of nitrogens with zero attached hydrogens (tertiary/aromatic N) is 5. The fourth-order valence-electron chi connectivity index (χ4n) is 5.06. The summed E-state index contributed by atoms with van der Waals surface area (Å²) in [7, 11) is 5.12. The number of carbonyl (C=O) groups is 1. The van der Waals surface area contributed by atoms with Crippen molar-refractivity contribution >= 4 is 39.7 Å². The molecule has 0 bridgehead atoms. The second kappa shape index (κ2) is 13.7. The molecule has 0 unspecified atom stereocenters. The van der Waals surface area contributed by atoms with E-state index in [2.05, 4.69) is 58.1 Å². The second-order valence-corrected chi connectivity index (χ2v) is 11.4. The van der Waals surface area contributed by atoms with Gasteiger partial charge < -0.3 is 18.9 Å². The highest BCUT2D eigenvalue weighted by Crippen LogP contribution is 2.29. The van der Waals surface area contributed by atoms with Crippen LogP contribution in [0.4, 0.5) is 0 Å². The van der Waals surface area contributed by atoms with Crippen molar-refractivity contribution in [2.24, 2.45) is 0 Å². The zero-order valence-electron chi connectivity index (χ0n) is 24.7. The Hall–Kier alpha value is -4.11. The summed E-state index contributed by atoms with van der Waals surface area (Å²) in [4.78, 5) is 19.4. The summed E-state index contributed by atoms with van der Waals surface area (Å²) < 4.78 is 12.9. The Morgan fingerprint density at radius 2 is 1.74 bits per heavy atom. The minimum atomic E-state index is 0.153. The number of methoxy groups -OCH3 is 2. The molecule has 1 amide bonds. The van der Waals surface area contributed by atoms with Crippen LogP contribution >= 0.6 is 11.8 Å². The fraction of sp³-hybridized carbons (Fsp3) is 0.333. The zero-order valence-corrected chi connectivity index (χ0v) is 25.5. The van der Waals surface area contributed by atoms with Crippen LogP contribution in [0.1, 0.15) is 36.0 Å². The van der Waals surface area contributed by atoms with E-state index in [4.69, 9.17) is 14.5 Å². The Balaban J connectivity index is 1.15. The maximum Gasteiger partial charge on any atom is 0.222 e. The van der Waals surface area contributed by atoms with Crippen LogP contribution in [0.3, 0.4) is 0 Å². The highest BCUT2D eigenvalue weighted by Gasteiger charge is 2.16. The number of carbonyl (C=O) groups excluding carboxylic acids is 1. The standard InChI is InChI=1S/C33H37N5O3S/c1-23-11-5-6-12-25(23)22-38-27-14-8-7-13-26(27)31-32(38)34-33(36-35-31)42-20-10-9-15-30(39)37(2)19-18-24-16-17-28(40-3)29(21-24)41-4/h5-8,11-14,16-17,21H,9-10,15,18-20,22H2,1-4H3. The SMILES string of the molecule is COc1ccc(CCN(C)C(=O)CCCCSc2nnc3c4ccccc4n(Cc4ccccc4C)c3n2)cc1OC. The van der Waals surface area contributed by atoms with Crippen molar-refractivity contribution in [3.05, 3.63) is 83.4 Å². The van der Waals surface area contributed by atoms with Gasteiger partial charge in [0.15, 0.2) is 17.1 Å². The van der Waals surface area contributed by atoms with Crippen molar-refractivity contribution in [2.45, 2.75) is 44.3 Å². The largest absolute Gasteiger partial charge is 0.493 e. The molecule has 0 atom stereocenters. The lowest BCUT2D eigenvalue weighted by atomic mass is 10.1. The highest BCUT2D eigenvalue weighted by molar-refractivity contribution is 7.99. The van der Waals surface area contributed by atoms with E-state index in [1.807, 2.05) is 37.4 Å². The summed E-state index contributed by atoms with van der Waals surface area (Å²) in [5.74, 6) is 2.39. The van der Waals surface area contributed by atoms with Gasteiger partial charge in [0.25, 0.3) is 0 Å².